The summed E-state index contributed by atoms with van der Waals surface area (Å²) < 4.78 is 0. The van der Waals surface area contributed by atoms with Gasteiger partial charge in [-0.15, -0.1) is 11.8 Å². The van der Waals surface area contributed by atoms with E-state index in [4.69, 9.17) is 0 Å². The maximum absolute atomic E-state index is 4.36. The fraction of sp³-hybridized carbons (Fsp3) is 0.308. The van der Waals surface area contributed by atoms with Gasteiger partial charge in [-0.1, -0.05) is 17.7 Å². The average molecular weight is 247 g/mol. The van der Waals surface area contributed by atoms with E-state index in [0.29, 0.717) is 0 Å². The van der Waals surface area contributed by atoms with Crippen molar-refractivity contribution in [2.24, 2.45) is 0 Å². The quantitative estimate of drug-likeness (QED) is 0.798. The Balaban J connectivity index is 1.93. The number of nitrogens with zero attached hydrogens (tertiary/aromatic N) is 1. The summed E-state index contributed by atoms with van der Waals surface area (Å²) in [7, 11) is 1.93. The zero-order valence-corrected chi connectivity index (χ0v) is 11.0. The van der Waals surface area contributed by atoms with Crippen molar-refractivity contribution in [3.05, 3.63) is 47.5 Å². The molecule has 0 saturated heterocycles. The van der Waals surface area contributed by atoms with Gasteiger partial charge >= 0.3 is 0 Å². The van der Waals surface area contributed by atoms with E-state index in [9.17, 15) is 0 Å². The van der Waals surface area contributed by atoms with Gasteiger partial charge in [0.05, 0.1) is 5.75 Å². The maximum atomic E-state index is 4.36. The highest BCUT2D eigenvalue weighted by molar-refractivity contribution is 7.98. The van der Waals surface area contributed by atoms with Crippen LogP contribution in [0.4, 0.5) is 0 Å². The van der Waals surface area contributed by atoms with Gasteiger partial charge in [0.1, 0.15) is 5.82 Å². The van der Waals surface area contributed by atoms with Crippen LogP contribution in [0.15, 0.2) is 35.4 Å². The number of hydrogen-bond donors (Lipinski definition) is 2. The number of thioether (sulfide) groups is 1. The van der Waals surface area contributed by atoms with Crippen molar-refractivity contribution in [2.45, 2.75) is 24.1 Å². The number of nitrogens with one attached hydrogen (secondary N) is 2. The first-order valence-electron chi connectivity index (χ1n) is 5.65. The SMILES string of the molecule is CNCc1cnc(CSc2cccc(C)c2)[nH]1. The Morgan fingerprint density at radius 1 is 1.41 bits per heavy atom. The molecule has 0 bridgehead atoms. The zero-order chi connectivity index (χ0) is 12.1. The summed E-state index contributed by atoms with van der Waals surface area (Å²) in [5, 5.41) is 3.10. The molecule has 2 rings (SSSR count). The summed E-state index contributed by atoms with van der Waals surface area (Å²) in [4.78, 5) is 8.95. The lowest BCUT2D eigenvalue weighted by Gasteiger charge is -2.00. The molecule has 1 aromatic carbocycles. The Hall–Kier alpha value is -1.26. The van der Waals surface area contributed by atoms with Crippen molar-refractivity contribution in [3.8, 4) is 0 Å². The number of aromatic amines is 1. The van der Waals surface area contributed by atoms with Crippen molar-refractivity contribution in [2.75, 3.05) is 7.05 Å². The summed E-state index contributed by atoms with van der Waals surface area (Å²) in [6.07, 6.45) is 1.89. The van der Waals surface area contributed by atoms with E-state index >= 15 is 0 Å². The molecule has 0 aliphatic carbocycles. The number of aromatic nitrogens is 2. The number of imidazole rings is 1. The van der Waals surface area contributed by atoms with Crippen molar-refractivity contribution < 1.29 is 0 Å². The van der Waals surface area contributed by atoms with Gasteiger partial charge in [-0.3, -0.25) is 0 Å². The molecule has 0 aliphatic heterocycles. The van der Waals surface area contributed by atoms with Gasteiger partial charge in [-0.2, -0.15) is 0 Å². The van der Waals surface area contributed by atoms with E-state index < -0.39 is 0 Å². The van der Waals surface area contributed by atoms with Crippen LogP contribution in [0.2, 0.25) is 0 Å². The molecule has 0 aliphatic rings. The standard InChI is InChI=1S/C13H17N3S/c1-10-4-3-5-12(6-10)17-9-13-15-8-11(16-13)7-14-2/h3-6,8,14H,7,9H2,1-2H3,(H,15,16). The Bertz CT molecular complexity index is 479. The zero-order valence-electron chi connectivity index (χ0n) is 10.2. The second kappa shape index (κ2) is 5.89. The highest BCUT2D eigenvalue weighted by Gasteiger charge is 2.01. The van der Waals surface area contributed by atoms with Crippen LogP contribution in [0.25, 0.3) is 0 Å². The van der Waals surface area contributed by atoms with Gasteiger partial charge in [-0.05, 0) is 26.1 Å². The number of benzene rings is 1. The average Bonchev–Trinajstić information content (AvgIpc) is 2.75. The van der Waals surface area contributed by atoms with E-state index in [1.165, 1.54) is 10.5 Å². The number of rotatable bonds is 5. The fourth-order valence-corrected chi connectivity index (χ4v) is 2.51. The van der Waals surface area contributed by atoms with Gasteiger partial charge in [0, 0.05) is 23.3 Å². The van der Waals surface area contributed by atoms with E-state index in [1.807, 2.05) is 13.2 Å². The molecular formula is C13H17N3S. The van der Waals surface area contributed by atoms with E-state index in [1.54, 1.807) is 11.8 Å². The smallest absolute Gasteiger partial charge is 0.116 e. The Kier molecular flexibility index (Phi) is 4.23. The topological polar surface area (TPSA) is 40.7 Å². The minimum atomic E-state index is 0.835. The molecule has 2 N–H and O–H groups in total. The third kappa shape index (κ3) is 3.61. The van der Waals surface area contributed by atoms with Crippen LogP contribution in [0, 0.1) is 6.92 Å². The Labute approximate surface area is 106 Å². The van der Waals surface area contributed by atoms with Crippen LogP contribution < -0.4 is 5.32 Å². The lowest BCUT2D eigenvalue weighted by atomic mass is 10.2. The maximum Gasteiger partial charge on any atom is 0.116 e. The molecule has 17 heavy (non-hydrogen) atoms. The minimum absolute atomic E-state index is 0.835. The lowest BCUT2D eigenvalue weighted by Crippen LogP contribution is -2.05. The minimum Gasteiger partial charge on any atom is -0.344 e. The van der Waals surface area contributed by atoms with Crippen LogP contribution in [-0.2, 0) is 12.3 Å². The van der Waals surface area contributed by atoms with Gasteiger partial charge in [0.2, 0.25) is 0 Å². The monoisotopic (exact) mass is 247 g/mol. The normalized spacial score (nSPS) is 10.7. The van der Waals surface area contributed by atoms with E-state index in [2.05, 4.69) is 46.5 Å². The molecule has 3 nitrogen and oxygen atoms in total. The predicted molar refractivity (Wildman–Crippen MR) is 72.1 cm³/mol. The summed E-state index contributed by atoms with van der Waals surface area (Å²) in [5.74, 6) is 1.91. The Morgan fingerprint density at radius 3 is 3.06 bits per heavy atom. The van der Waals surface area contributed by atoms with E-state index in [0.717, 1.165) is 23.8 Å². The highest BCUT2D eigenvalue weighted by Crippen LogP contribution is 2.22. The first kappa shape index (κ1) is 12.2. The Morgan fingerprint density at radius 2 is 2.29 bits per heavy atom. The lowest BCUT2D eigenvalue weighted by molar-refractivity contribution is 0.794. The third-order valence-corrected chi connectivity index (χ3v) is 3.42. The fourth-order valence-electron chi connectivity index (χ4n) is 1.62. The van der Waals surface area contributed by atoms with Crippen LogP contribution in [-0.4, -0.2) is 17.0 Å². The second-order valence-electron chi connectivity index (χ2n) is 3.99. The van der Waals surface area contributed by atoms with Crippen molar-refractivity contribution in [1.82, 2.24) is 15.3 Å². The predicted octanol–water partition coefficient (Wildman–Crippen LogP) is 2.73. The molecule has 0 spiro atoms. The van der Waals surface area contributed by atoms with Crippen LogP contribution in [0.3, 0.4) is 0 Å². The van der Waals surface area contributed by atoms with Crippen molar-refractivity contribution in [1.29, 1.82) is 0 Å². The number of hydrogen-bond acceptors (Lipinski definition) is 3. The number of aryl methyl sites for hydroxylation is 1. The molecule has 0 saturated carbocycles. The van der Waals surface area contributed by atoms with Gasteiger partial charge in [-0.25, -0.2) is 4.98 Å². The molecule has 0 amide bonds. The highest BCUT2D eigenvalue weighted by atomic mass is 32.2. The third-order valence-electron chi connectivity index (χ3n) is 2.41. The first-order valence-corrected chi connectivity index (χ1v) is 6.63. The molecule has 0 atom stereocenters. The molecule has 1 heterocycles. The number of H-pyrrole nitrogens is 1. The summed E-state index contributed by atoms with van der Waals surface area (Å²) in [6.45, 7) is 2.95. The summed E-state index contributed by atoms with van der Waals surface area (Å²) >= 11 is 1.80. The van der Waals surface area contributed by atoms with Gasteiger partial charge < -0.3 is 10.3 Å². The van der Waals surface area contributed by atoms with Crippen LogP contribution in [0.5, 0.6) is 0 Å². The largest absolute Gasteiger partial charge is 0.344 e. The molecule has 4 heteroatoms. The molecule has 2 aromatic rings. The molecule has 0 radical (unpaired) electrons. The molecule has 90 valence electrons. The van der Waals surface area contributed by atoms with Crippen LogP contribution in [0.1, 0.15) is 17.1 Å². The van der Waals surface area contributed by atoms with Gasteiger partial charge in [0.15, 0.2) is 0 Å². The summed E-state index contributed by atoms with van der Waals surface area (Å²) in [5.41, 5.74) is 2.43. The molecule has 0 fully saturated rings. The van der Waals surface area contributed by atoms with E-state index in [-0.39, 0.29) is 0 Å². The first-order chi connectivity index (χ1) is 8.28. The molecule has 0 unspecified atom stereocenters. The molecular weight excluding hydrogens is 230 g/mol. The van der Waals surface area contributed by atoms with Crippen molar-refractivity contribution in [3.63, 3.8) is 0 Å². The van der Waals surface area contributed by atoms with Crippen molar-refractivity contribution >= 4 is 11.8 Å². The molecule has 1 aromatic heterocycles. The summed E-state index contributed by atoms with van der Waals surface area (Å²) in [6, 6.07) is 8.53. The van der Waals surface area contributed by atoms with Crippen LogP contribution >= 0.6 is 11.8 Å². The second-order valence-corrected chi connectivity index (χ2v) is 5.04. The van der Waals surface area contributed by atoms with Gasteiger partial charge in [0.25, 0.3) is 0 Å².